The highest BCUT2D eigenvalue weighted by Crippen LogP contribution is 2.25. The van der Waals surface area contributed by atoms with E-state index in [9.17, 15) is 19.6 Å². The average Bonchev–Trinajstić information content (AvgIpc) is 2.69. The molecule has 1 aromatic carbocycles. The van der Waals surface area contributed by atoms with Gasteiger partial charge in [-0.05, 0) is 30.7 Å². The number of ether oxygens (including phenoxy) is 3. The van der Waals surface area contributed by atoms with Gasteiger partial charge in [0.15, 0.2) is 6.61 Å². The van der Waals surface area contributed by atoms with Crippen LogP contribution in [0.25, 0.3) is 0 Å². The molecule has 146 valence electrons. The Morgan fingerprint density at radius 2 is 1.96 bits per heavy atom. The highest BCUT2D eigenvalue weighted by atomic mass is 32.2. The maximum atomic E-state index is 12.4. The molecule has 0 saturated heterocycles. The van der Waals surface area contributed by atoms with Gasteiger partial charge >= 0.3 is 5.97 Å². The number of aryl methyl sites for hydroxylation is 1. The molecule has 2 rings (SSSR count). The Labute approximate surface area is 165 Å². The number of H-pyrrole nitrogens is 1. The molecule has 28 heavy (non-hydrogen) atoms. The van der Waals surface area contributed by atoms with Crippen LogP contribution in [0.15, 0.2) is 34.1 Å². The highest BCUT2D eigenvalue weighted by molar-refractivity contribution is 7.99. The molecule has 0 radical (unpaired) electrons. The van der Waals surface area contributed by atoms with Gasteiger partial charge in [-0.1, -0.05) is 11.8 Å². The summed E-state index contributed by atoms with van der Waals surface area (Å²) in [5.74, 6) is -0.468. The lowest BCUT2D eigenvalue weighted by Gasteiger charge is -2.10. The minimum absolute atomic E-state index is 0.170. The Balaban J connectivity index is 1.99. The molecule has 1 heterocycles. The summed E-state index contributed by atoms with van der Waals surface area (Å²) in [4.78, 5) is 38.4. The van der Waals surface area contributed by atoms with Crippen molar-refractivity contribution in [2.75, 3.05) is 26.6 Å². The molecule has 0 aliphatic carbocycles. The number of carbonyl (C=O) groups is 2. The second-order valence-electron chi connectivity index (χ2n) is 5.57. The molecular formula is C19H18N2O6S. The summed E-state index contributed by atoms with van der Waals surface area (Å²) in [7, 11) is 2.90. The van der Waals surface area contributed by atoms with Gasteiger partial charge in [-0.2, -0.15) is 5.26 Å². The van der Waals surface area contributed by atoms with Gasteiger partial charge in [0.1, 0.15) is 17.6 Å². The van der Waals surface area contributed by atoms with Gasteiger partial charge in [-0.15, -0.1) is 0 Å². The van der Waals surface area contributed by atoms with Gasteiger partial charge in [-0.25, -0.2) is 0 Å². The van der Waals surface area contributed by atoms with E-state index >= 15 is 0 Å². The second-order valence-corrected chi connectivity index (χ2v) is 6.56. The summed E-state index contributed by atoms with van der Waals surface area (Å²) in [6, 6.07) is 8.03. The zero-order valence-corrected chi connectivity index (χ0v) is 16.3. The maximum Gasteiger partial charge on any atom is 0.316 e. The fourth-order valence-corrected chi connectivity index (χ4v) is 3.20. The number of Topliss-reactive ketones (excluding diaryl/α,β-unsaturated/α-hetero) is 1. The zero-order chi connectivity index (χ0) is 20.7. The van der Waals surface area contributed by atoms with Crippen LogP contribution < -0.4 is 15.0 Å². The van der Waals surface area contributed by atoms with Crippen molar-refractivity contribution in [3.05, 3.63) is 51.3 Å². The number of ketones is 1. The number of nitriles is 1. The normalized spacial score (nSPS) is 10.1. The highest BCUT2D eigenvalue weighted by Gasteiger charge is 2.17. The second kappa shape index (κ2) is 9.62. The lowest BCUT2D eigenvalue weighted by atomic mass is 10.1. The third-order valence-electron chi connectivity index (χ3n) is 3.72. The predicted molar refractivity (Wildman–Crippen MR) is 102 cm³/mol. The minimum atomic E-state index is -0.661. The summed E-state index contributed by atoms with van der Waals surface area (Å²) in [6.07, 6.45) is 0. The number of hydrogen-bond acceptors (Lipinski definition) is 8. The van der Waals surface area contributed by atoms with E-state index in [1.807, 2.05) is 6.07 Å². The fourth-order valence-electron chi connectivity index (χ4n) is 2.33. The summed E-state index contributed by atoms with van der Waals surface area (Å²) < 4.78 is 15.2. The molecule has 0 aliphatic heterocycles. The van der Waals surface area contributed by atoms with Crippen LogP contribution in [0.5, 0.6) is 11.5 Å². The van der Waals surface area contributed by atoms with Crippen LogP contribution in [0, 0.1) is 18.3 Å². The van der Waals surface area contributed by atoms with Crippen LogP contribution in [-0.4, -0.2) is 43.3 Å². The molecule has 0 bridgehead atoms. The number of carbonyl (C=O) groups excluding carboxylic acids is 2. The molecule has 2 aromatic rings. The first-order valence-electron chi connectivity index (χ1n) is 8.07. The fraction of sp³-hybridized carbons (Fsp3) is 0.263. The van der Waals surface area contributed by atoms with Crippen molar-refractivity contribution in [3.63, 3.8) is 0 Å². The van der Waals surface area contributed by atoms with Crippen molar-refractivity contribution in [2.45, 2.75) is 11.9 Å². The molecule has 0 atom stereocenters. The first kappa shape index (κ1) is 21.1. The molecule has 1 aromatic heterocycles. The van der Waals surface area contributed by atoms with Crippen molar-refractivity contribution >= 4 is 23.5 Å². The predicted octanol–water partition coefficient (Wildman–Crippen LogP) is 2.09. The number of thioether (sulfide) groups is 1. The smallest absolute Gasteiger partial charge is 0.316 e. The van der Waals surface area contributed by atoms with Crippen molar-refractivity contribution in [1.29, 1.82) is 5.26 Å². The van der Waals surface area contributed by atoms with Gasteiger partial charge < -0.3 is 19.2 Å². The van der Waals surface area contributed by atoms with E-state index in [0.717, 1.165) is 11.8 Å². The quantitative estimate of drug-likeness (QED) is 0.405. The van der Waals surface area contributed by atoms with Crippen molar-refractivity contribution < 1.29 is 23.8 Å². The molecule has 0 saturated carbocycles. The lowest BCUT2D eigenvalue weighted by molar-refractivity contribution is -0.139. The number of benzene rings is 1. The van der Waals surface area contributed by atoms with Crippen LogP contribution in [0.2, 0.25) is 0 Å². The summed E-state index contributed by atoms with van der Waals surface area (Å²) in [6.45, 7) is 1.16. The van der Waals surface area contributed by atoms with Gasteiger partial charge in [0, 0.05) is 6.07 Å². The largest absolute Gasteiger partial charge is 0.497 e. The lowest BCUT2D eigenvalue weighted by Crippen LogP contribution is -2.17. The van der Waals surface area contributed by atoms with E-state index in [2.05, 4.69) is 4.98 Å². The van der Waals surface area contributed by atoms with Crippen LogP contribution in [0.3, 0.4) is 0 Å². The molecule has 0 aliphatic rings. The van der Waals surface area contributed by atoms with E-state index in [0.29, 0.717) is 17.1 Å². The number of aromatic amines is 1. The number of rotatable bonds is 8. The number of esters is 1. The molecule has 0 fully saturated rings. The Morgan fingerprint density at radius 1 is 1.21 bits per heavy atom. The molecular weight excluding hydrogens is 384 g/mol. The van der Waals surface area contributed by atoms with E-state index in [1.165, 1.54) is 26.4 Å². The van der Waals surface area contributed by atoms with Crippen molar-refractivity contribution in [1.82, 2.24) is 4.98 Å². The van der Waals surface area contributed by atoms with Gasteiger partial charge in [0.05, 0.1) is 36.1 Å². The van der Waals surface area contributed by atoms with Crippen LogP contribution >= 0.6 is 11.8 Å². The maximum absolute atomic E-state index is 12.4. The Morgan fingerprint density at radius 3 is 2.61 bits per heavy atom. The number of aromatic nitrogens is 1. The van der Waals surface area contributed by atoms with E-state index in [1.54, 1.807) is 19.1 Å². The number of nitrogens with zero attached hydrogens (tertiary/aromatic N) is 1. The van der Waals surface area contributed by atoms with Crippen LogP contribution in [0.1, 0.15) is 21.5 Å². The molecule has 9 heteroatoms. The summed E-state index contributed by atoms with van der Waals surface area (Å²) in [5, 5.41) is 9.46. The average molecular weight is 402 g/mol. The van der Waals surface area contributed by atoms with Gasteiger partial charge in [-0.3, -0.25) is 14.4 Å². The van der Waals surface area contributed by atoms with Crippen molar-refractivity contribution in [3.8, 4) is 17.6 Å². The monoisotopic (exact) mass is 402 g/mol. The van der Waals surface area contributed by atoms with Gasteiger partial charge in [0.25, 0.3) is 0 Å². The summed E-state index contributed by atoms with van der Waals surface area (Å²) >= 11 is 0.961. The van der Waals surface area contributed by atoms with Gasteiger partial charge in [0.2, 0.25) is 11.3 Å². The van der Waals surface area contributed by atoms with Crippen molar-refractivity contribution in [2.24, 2.45) is 0 Å². The number of methoxy groups -OCH3 is 2. The topological polar surface area (TPSA) is 118 Å². The minimum Gasteiger partial charge on any atom is -0.497 e. The molecule has 0 amide bonds. The first-order valence-corrected chi connectivity index (χ1v) is 9.05. The van der Waals surface area contributed by atoms with Crippen LogP contribution in [0.4, 0.5) is 0 Å². The third kappa shape index (κ3) is 5.14. The zero-order valence-electron chi connectivity index (χ0n) is 15.5. The molecule has 0 spiro atoms. The molecule has 1 N–H and O–H groups in total. The molecule has 0 unspecified atom stereocenters. The number of pyridine rings is 1. The van der Waals surface area contributed by atoms with E-state index in [4.69, 9.17) is 14.2 Å². The Kier molecular flexibility index (Phi) is 7.23. The van der Waals surface area contributed by atoms with E-state index in [-0.39, 0.29) is 27.5 Å². The number of hydrogen-bond donors (Lipinski definition) is 1. The SMILES string of the molecule is COc1ccc(OC)c(C(=O)COC(=O)CSc2[nH]c(=O)cc(C)c2C#N)c1. The first-order chi connectivity index (χ1) is 13.4. The molecule has 8 nitrogen and oxygen atoms in total. The van der Waals surface area contributed by atoms with Crippen LogP contribution in [-0.2, 0) is 9.53 Å². The third-order valence-corrected chi connectivity index (χ3v) is 4.70. The Bertz CT molecular complexity index is 993. The van der Waals surface area contributed by atoms with E-state index < -0.39 is 18.4 Å². The standard InChI is InChI=1S/C19H18N2O6S/c1-11-6-17(23)21-19(14(11)8-20)28-10-18(24)27-9-15(22)13-7-12(25-2)4-5-16(13)26-3/h4-7H,9-10H2,1-3H3,(H,21,23). The Hall–Kier alpha value is -3.25. The number of nitrogens with one attached hydrogen (secondary N) is 1. The summed E-state index contributed by atoms with van der Waals surface area (Å²) in [5.41, 5.74) is 0.668.